The summed E-state index contributed by atoms with van der Waals surface area (Å²) in [6, 6.07) is 5.45. The van der Waals surface area contributed by atoms with Crippen LogP contribution < -0.4 is 10.1 Å². The molecule has 0 saturated heterocycles. The van der Waals surface area contributed by atoms with Gasteiger partial charge in [0.05, 0.1) is 13.4 Å². The van der Waals surface area contributed by atoms with Crippen molar-refractivity contribution in [3.8, 4) is 5.75 Å². The molecule has 1 N–H and O–H groups in total. The molecule has 0 atom stereocenters. The van der Waals surface area contributed by atoms with E-state index < -0.39 is 0 Å². The van der Waals surface area contributed by atoms with Crippen LogP contribution in [0.2, 0.25) is 0 Å². The smallest absolute Gasteiger partial charge is 0.249 e. The monoisotopic (exact) mass is 326 g/mol. The maximum absolute atomic E-state index is 12.2. The maximum atomic E-state index is 12.2. The van der Waals surface area contributed by atoms with Crippen molar-refractivity contribution in [2.75, 3.05) is 12.4 Å². The van der Waals surface area contributed by atoms with Crippen LogP contribution in [0.5, 0.6) is 5.75 Å². The molecule has 1 amide bonds. The average molecular weight is 326 g/mol. The molecule has 3 aromatic rings. The summed E-state index contributed by atoms with van der Waals surface area (Å²) >= 11 is 0. The molecule has 0 spiro atoms. The van der Waals surface area contributed by atoms with Gasteiger partial charge in [0.25, 0.3) is 0 Å². The summed E-state index contributed by atoms with van der Waals surface area (Å²) in [6.07, 6.45) is 3.20. The highest BCUT2D eigenvalue weighted by Crippen LogP contribution is 2.33. The molecule has 2 aromatic heterocycles. The second kappa shape index (κ2) is 6.23. The van der Waals surface area contributed by atoms with Gasteiger partial charge in [-0.3, -0.25) is 4.79 Å². The van der Waals surface area contributed by atoms with Gasteiger partial charge in [0.15, 0.2) is 5.82 Å². The average Bonchev–Trinajstić information content (AvgIpc) is 3.11. The third-order valence-corrected chi connectivity index (χ3v) is 3.74. The predicted octanol–water partition coefficient (Wildman–Crippen LogP) is 4.09. The molecule has 6 nitrogen and oxygen atoms in total. The summed E-state index contributed by atoms with van der Waals surface area (Å²) in [5, 5.41) is 7.40. The molecule has 0 saturated carbocycles. The van der Waals surface area contributed by atoms with Crippen LogP contribution in [-0.2, 0) is 4.79 Å². The number of aryl methyl sites for hydroxylation is 2. The predicted molar refractivity (Wildman–Crippen MR) is 91.0 cm³/mol. The standard InChI is InChI=1S/C18H18N2O4/c1-10(5-18(21)19-17-6-12(3)24-20-17)13-7-14-11(2)9-23-16(14)8-15(13)22-4/h5-9H,1-4H3,(H,19,20,21)/b10-5+. The van der Waals surface area contributed by atoms with E-state index >= 15 is 0 Å². The van der Waals surface area contributed by atoms with E-state index in [1.165, 1.54) is 6.08 Å². The Morgan fingerprint density at radius 2 is 2.08 bits per heavy atom. The van der Waals surface area contributed by atoms with Gasteiger partial charge in [0, 0.05) is 29.2 Å². The minimum absolute atomic E-state index is 0.285. The minimum atomic E-state index is -0.285. The summed E-state index contributed by atoms with van der Waals surface area (Å²) in [5.41, 5.74) is 3.39. The Labute approximate surface area is 139 Å². The van der Waals surface area contributed by atoms with Crippen molar-refractivity contribution in [3.05, 3.63) is 47.4 Å². The van der Waals surface area contributed by atoms with Crippen LogP contribution in [0.15, 0.2) is 39.5 Å². The molecule has 0 aliphatic heterocycles. The van der Waals surface area contributed by atoms with E-state index in [4.69, 9.17) is 13.7 Å². The highest BCUT2D eigenvalue weighted by Gasteiger charge is 2.13. The number of benzene rings is 1. The van der Waals surface area contributed by atoms with Crippen molar-refractivity contribution in [3.63, 3.8) is 0 Å². The first-order valence-electron chi connectivity index (χ1n) is 7.46. The Kier molecular flexibility index (Phi) is 4.12. The highest BCUT2D eigenvalue weighted by molar-refractivity contribution is 6.04. The summed E-state index contributed by atoms with van der Waals surface area (Å²) in [7, 11) is 1.59. The van der Waals surface area contributed by atoms with E-state index in [2.05, 4.69) is 10.5 Å². The number of carbonyl (C=O) groups is 1. The van der Waals surface area contributed by atoms with Crippen molar-refractivity contribution in [2.24, 2.45) is 0 Å². The van der Waals surface area contributed by atoms with Crippen LogP contribution in [0.3, 0.4) is 0 Å². The van der Waals surface area contributed by atoms with Crippen molar-refractivity contribution in [1.82, 2.24) is 5.16 Å². The van der Waals surface area contributed by atoms with Crippen molar-refractivity contribution < 1.29 is 18.5 Å². The lowest BCUT2D eigenvalue weighted by Gasteiger charge is -2.09. The molecule has 0 fully saturated rings. The summed E-state index contributed by atoms with van der Waals surface area (Å²) < 4.78 is 15.8. The Bertz CT molecular complexity index is 934. The van der Waals surface area contributed by atoms with E-state index in [1.807, 2.05) is 26.0 Å². The van der Waals surface area contributed by atoms with Gasteiger partial charge in [-0.25, -0.2) is 0 Å². The van der Waals surface area contributed by atoms with Crippen LogP contribution in [0.25, 0.3) is 16.5 Å². The van der Waals surface area contributed by atoms with E-state index in [0.29, 0.717) is 17.3 Å². The van der Waals surface area contributed by atoms with Gasteiger partial charge in [-0.2, -0.15) is 0 Å². The first-order chi connectivity index (χ1) is 11.5. The lowest BCUT2D eigenvalue weighted by atomic mass is 10.0. The molecule has 0 bridgehead atoms. The molecule has 1 aromatic carbocycles. The second-order valence-corrected chi connectivity index (χ2v) is 5.61. The summed E-state index contributed by atoms with van der Waals surface area (Å²) in [5.74, 6) is 1.38. The quantitative estimate of drug-likeness (QED) is 0.731. The third-order valence-electron chi connectivity index (χ3n) is 3.74. The van der Waals surface area contributed by atoms with Crippen LogP contribution >= 0.6 is 0 Å². The number of allylic oxidation sites excluding steroid dienone is 1. The molecular weight excluding hydrogens is 308 g/mol. The lowest BCUT2D eigenvalue weighted by molar-refractivity contribution is -0.111. The molecule has 0 aliphatic rings. The molecule has 3 rings (SSSR count). The zero-order valence-corrected chi connectivity index (χ0v) is 14.0. The number of anilines is 1. The molecule has 6 heteroatoms. The molecule has 0 radical (unpaired) electrons. The fraction of sp³-hybridized carbons (Fsp3) is 0.222. The molecular formula is C18H18N2O4. The first-order valence-corrected chi connectivity index (χ1v) is 7.46. The van der Waals surface area contributed by atoms with Gasteiger partial charge >= 0.3 is 0 Å². The number of rotatable bonds is 4. The van der Waals surface area contributed by atoms with Crippen LogP contribution in [0.1, 0.15) is 23.8 Å². The normalized spacial score (nSPS) is 11.8. The number of fused-ring (bicyclic) bond motifs is 1. The second-order valence-electron chi connectivity index (χ2n) is 5.61. The number of furan rings is 1. The lowest BCUT2D eigenvalue weighted by Crippen LogP contribution is -2.08. The fourth-order valence-corrected chi connectivity index (χ4v) is 2.52. The number of aromatic nitrogens is 1. The Balaban J connectivity index is 1.92. The van der Waals surface area contributed by atoms with Gasteiger partial charge in [0.2, 0.25) is 5.91 Å². The number of ether oxygens (including phenoxy) is 1. The Hall–Kier alpha value is -3.02. The number of methoxy groups -OCH3 is 1. The van der Waals surface area contributed by atoms with Crippen molar-refractivity contribution in [1.29, 1.82) is 0 Å². The number of hydrogen-bond acceptors (Lipinski definition) is 5. The zero-order valence-electron chi connectivity index (χ0n) is 14.0. The van der Waals surface area contributed by atoms with Gasteiger partial charge in [-0.15, -0.1) is 0 Å². The molecule has 2 heterocycles. The third kappa shape index (κ3) is 3.03. The summed E-state index contributed by atoms with van der Waals surface area (Å²) in [4.78, 5) is 12.2. The van der Waals surface area contributed by atoms with Crippen molar-refractivity contribution in [2.45, 2.75) is 20.8 Å². The topological polar surface area (TPSA) is 77.5 Å². The van der Waals surface area contributed by atoms with Crippen LogP contribution in [0.4, 0.5) is 5.82 Å². The molecule has 124 valence electrons. The van der Waals surface area contributed by atoms with E-state index in [9.17, 15) is 4.79 Å². The maximum Gasteiger partial charge on any atom is 0.249 e. The van der Waals surface area contributed by atoms with E-state index in [0.717, 1.165) is 27.7 Å². The van der Waals surface area contributed by atoms with E-state index in [1.54, 1.807) is 26.4 Å². The number of amides is 1. The number of nitrogens with one attached hydrogen (secondary N) is 1. The largest absolute Gasteiger partial charge is 0.496 e. The highest BCUT2D eigenvalue weighted by atomic mass is 16.5. The Morgan fingerprint density at radius 3 is 2.75 bits per heavy atom. The first kappa shape index (κ1) is 15.9. The molecule has 0 aliphatic carbocycles. The van der Waals surface area contributed by atoms with Gasteiger partial charge in [0.1, 0.15) is 17.1 Å². The fourth-order valence-electron chi connectivity index (χ4n) is 2.52. The van der Waals surface area contributed by atoms with Gasteiger partial charge in [-0.1, -0.05) is 5.16 Å². The van der Waals surface area contributed by atoms with Gasteiger partial charge in [-0.05, 0) is 38.0 Å². The van der Waals surface area contributed by atoms with Crippen LogP contribution in [0, 0.1) is 13.8 Å². The minimum Gasteiger partial charge on any atom is -0.496 e. The van der Waals surface area contributed by atoms with E-state index in [-0.39, 0.29) is 5.91 Å². The zero-order chi connectivity index (χ0) is 17.3. The summed E-state index contributed by atoms with van der Waals surface area (Å²) in [6.45, 7) is 5.59. The number of carbonyl (C=O) groups excluding carboxylic acids is 1. The molecule has 0 unspecified atom stereocenters. The SMILES string of the molecule is COc1cc2occ(C)c2cc1/C(C)=C/C(=O)Nc1cc(C)on1. The van der Waals surface area contributed by atoms with Crippen molar-refractivity contribution >= 4 is 28.3 Å². The molecule has 24 heavy (non-hydrogen) atoms. The van der Waals surface area contributed by atoms with Gasteiger partial charge < -0.3 is 19.0 Å². The number of hydrogen-bond donors (Lipinski definition) is 1. The Morgan fingerprint density at radius 1 is 1.29 bits per heavy atom. The van der Waals surface area contributed by atoms with Crippen LogP contribution in [-0.4, -0.2) is 18.2 Å². The number of nitrogens with zero attached hydrogens (tertiary/aromatic N) is 1.